The number of nitrogens with zero attached hydrogens (tertiary/aromatic N) is 4. The van der Waals surface area contributed by atoms with Gasteiger partial charge < -0.3 is 9.47 Å². The summed E-state index contributed by atoms with van der Waals surface area (Å²) in [5.41, 5.74) is 2.27. The van der Waals surface area contributed by atoms with E-state index in [9.17, 15) is 18.4 Å². The van der Waals surface area contributed by atoms with Crippen LogP contribution in [-0.4, -0.2) is 39.9 Å². The second kappa shape index (κ2) is 7.06. The first-order valence-electron chi connectivity index (χ1n) is 10.2. The van der Waals surface area contributed by atoms with Crippen LogP contribution in [0.4, 0.5) is 13.2 Å². The van der Waals surface area contributed by atoms with E-state index in [1.165, 1.54) is 0 Å². The van der Waals surface area contributed by atoms with Crippen molar-refractivity contribution in [3.8, 4) is 11.8 Å². The summed E-state index contributed by atoms with van der Waals surface area (Å²) in [6, 6.07) is 7.58. The van der Waals surface area contributed by atoms with Gasteiger partial charge in [0.2, 0.25) is 0 Å². The highest BCUT2D eigenvalue weighted by atomic mass is 19.4. The molecule has 2 fully saturated rings. The van der Waals surface area contributed by atoms with E-state index in [0.717, 1.165) is 11.3 Å². The predicted molar refractivity (Wildman–Crippen MR) is 98.9 cm³/mol. The molecule has 0 bridgehead atoms. The first-order chi connectivity index (χ1) is 14.4. The average Bonchev–Trinajstić information content (AvgIpc) is 3.32. The van der Waals surface area contributed by atoms with Crippen molar-refractivity contribution in [1.82, 2.24) is 14.8 Å². The molecule has 2 aliphatic heterocycles. The van der Waals surface area contributed by atoms with Crippen LogP contribution in [0, 0.1) is 17.2 Å². The van der Waals surface area contributed by atoms with Crippen molar-refractivity contribution < 1.29 is 22.6 Å². The molecule has 2 aromatic rings. The molecule has 1 aromatic heterocycles. The van der Waals surface area contributed by atoms with Crippen LogP contribution in [0.1, 0.15) is 54.4 Å². The fraction of sp³-hybridized carbons (Fsp3) is 0.571. The number of nitriles is 1. The van der Waals surface area contributed by atoms with Gasteiger partial charge in [-0.15, -0.1) is 10.2 Å². The Balaban J connectivity index is 1.54. The number of aromatic nitrogens is 3. The summed E-state index contributed by atoms with van der Waals surface area (Å²) in [7, 11) is 0. The van der Waals surface area contributed by atoms with Crippen molar-refractivity contribution in [2.24, 2.45) is 5.92 Å². The summed E-state index contributed by atoms with van der Waals surface area (Å²) in [5.74, 6) is -0.822. The normalized spacial score (nSPS) is 25.4. The van der Waals surface area contributed by atoms with Gasteiger partial charge in [-0.2, -0.15) is 18.4 Å². The summed E-state index contributed by atoms with van der Waals surface area (Å²) in [6.45, 7) is 0.964. The number of hydrogen-bond acceptors (Lipinski definition) is 5. The van der Waals surface area contributed by atoms with Crippen LogP contribution >= 0.6 is 0 Å². The fourth-order valence-electron chi connectivity index (χ4n) is 4.96. The van der Waals surface area contributed by atoms with Gasteiger partial charge in [0, 0.05) is 12.3 Å². The molecule has 30 heavy (non-hydrogen) atoms. The summed E-state index contributed by atoms with van der Waals surface area (Å²) in [4.78, 5) is 0. The summed E-state index contributed by atoms with van der Waals surface area (Å²) in [6.07, 6.45) is -2.22. The monoisotopic (exact) mass is 418 g/mol. The van der Waals surface area contributed by atoms with Crippen LogP contribution in [0.2, 0.25) is 0 Å². The number of halogens is 3. The number of benzene rings is 1. The zero-order chi connectivity index (χ0) is 20.9. The van der Waals surface area contributed by atoms with E-state index >= 15 is 0 Å². The molecule has 1 saturated carbocycles. The van der Waals surface area contributed by atoms with Crippen molar-refractivity contribution in [2.75, 3.05) is 13.2 Å². The molecule has 1 aliphatic carbocycles. The number of rotatable bonds is 1. The molecule has 0 radical (unpaired) electrons. The summed E-state index contributed by atoms with van der Waals surface area (Å²) < 4.78 is 53.1. The first kappa shape index (κ1) is 19.5. The van der Waals surface area contributed by atoms with Gasteiger partial charge >= 0.3 is 6.18 Å². The zero-order valence-electron chi connectivity index (χ0n) is 16.3. The van der Waals surface area contributed by atoms with Gasteiger partial charge in [0.15, 0.2) is 5.79 Å². The van der Waals surface area contributed by atoms with E-state index in [0.29, 0.717) is 56.1 Å². The van der Waals surface area contributed by atoms with Gasteiger partial charge in [0.25, 0.3) is 0 Å². The highest BCUT2D eigenvalue weighted by molar-refractivity contribution is 5.50. The van der Waals surface area contributed by atoms with Crippen LogP contribution in [0.3, 0.4) is 0 Å². The van der Waals surface area contributed by atoms with Gasteiger partial charge in [-0.1, -0.05) is 0 Å². The molecule has 3 aliphatic rings. The van der Waals surface area contributed by atoms with E-state index in [2.05, 4.69) is 16.3 Å². The number of hydrogen-bond donors (Lipinski definition) is 0. The van der Waals surface area contributed by atoms with Gasteiger partial charge in [0.05, 0.1) is 42.9 Å². The molecule has 5 rings (SSSR count). The van der Waals surface area contributed by atoms with Crippen LogP contribution < -0.4 is 0 Å². The van der Waals surface area contributed by atoms with E-state index in [1.807, 2.05) is 16.7 Å². The van der Waals surface area contributed by atoms with Crippen LogP contribution in [-0.2, 0) is 22.3 Å². The van der Waals surface area contributed by atoms with Crippen molar-refractivity contribution >= 4 is 0 Å². The van der Waals surface area contributed by atoms with E-state index < -0.39 is 17.9 Å². The maximum atomic E-state index is 13.1. The average molecular weight is 418 g/mol. The fourth-order valence-corrected chi connectivity index (χ4v) is 4.96. The van der Waals surface area contributed by atoms with E-state index in [1.54, 1.807) is 6.07 Å². The highest BCUT2D eigenvalue weighted by Crippen LogP contribution is 2.44. The van der Waals surface area contributed by atoms with Crippen molar-refractivity contribution in [2.45, 2.75) is 56.4 Å². The van der Waals surface area contributed by atoms with Crippen molar-refractivity contribution in [1.29, 1.82) is 5.26 Å². The smallest absolute Gasteiger partial charge is 0.347 e. The number of ether oxygens (including phenoxy) is 2. The maximum absolute atomic E-state index is 13.1. The highest BCUT2D eigenvalue weighted by Gasteiger charge is 2.45. The number of alkyl halides is 3. The van der Waals surface area contributed by atoms with E-state index in [-0.39, 0.29) is 18.8 Å². The molecular weight excluding hydrogens is 397 g/mol. The Bertz CT molecular complexity index is 997. The molecule has 1 spiro atoms. The van der Waals surface area contributed by atoms with Crippen molar-refractivity contribution in [3.05, 3.63) is 41.0 Å². The Hall–Kier alpha value is -2.44. The minimum absolute atomic E-state index is 0.0900. The second-order valence-corrected chi connectivity index (χ2v) is 8.32. The van der Waals surface area contributed by atoms with Crippen LogP contribution in [0.15, 0.2) is 18.2 Å². The molecule has 0 unspecified atom stereocenters. The zero-order valence-corrected chi connectivity index (χ0v) is 16.3. The third-order valence-corrected chi connectivity index (χ3v) is 6.46. The Morgan fingerprint density at radius 3 is 2.47 bits per heavy atom. The molecule has 1 aromatic carbocycles. The second-order valence-electron chi connectivity index (χ2n) is 8.32. The third kappa shape index (κ3) is 3.28. The molecule has 9 heteroatoms. The lowest BCUT2D eigenvalue weighted by molar-refractivity contribution is -0.182. The minimum Gasteiger partial charge on any atom is -0.347 e. The molecular formula is C21H21F3N4O2. The molecule has 1 saturated heterocycles. The van der Waals surface area contributed by atoms with Gasteiger partial charge in [0.1, 0.15) is 11.6 Å². The maximum Gasteiger partial charge on any atom is 0.391 e. The summed E-state index contributed by atoms with van der Waals surface area (Å²) in [5, 5.41) is 18.1. The molecule has 0 N–H and O–H groups in total. The standard InChI is InChI=1S/C21H21F3N4O2/c22-21(23,24)16-4-2-14(3-5-16)19-27-26-18-11-20(29-7-8-30-20)10-15-9-13(12-25)1-6-17(15)28(18)19/h1,6,9,14,16H,2-5,7-8,10-11H2/t14-,16-. The van der Waals surface area contributed by atoms with Crippen molar-refractivity contribution in [3.63, 3.8) is 0 Å². The Morgan fingerprint density at radius 2 is 1.80 bits per heavy atom. The lowest BCUT2D eigenvalue weighted by atomic mass is 9.81. The van der Waals surface area contributed by atoms with Gasteiger partial charge in [-0.05, 0) is 49.4 Å². The molecule has 0 amide bonds. The van der Waals surface area contributed by atoms with Gasteiger partial charge in [-0.25, -0.2) is 0 Å². The SMILES string of the molecule is N#Cc1ccc2c(c1)CC1(Cc3nnc([C@H]4CC[C@H](C(F)(F)F)CC4)n3-2)OCCO1. The van der Waals surface area contributed by atoms with E-state index in [4.69, 9.17) is 9.47 Å². The lowest BCUT2D eigenvalue weighted by Crippen LogP contribution is -2.35. The first-order valence-corrected chi connectivity index (χ1v) is 10.2. The molecule has 158 valence electrons. The Kier molecular flexibility index (Phi) is 4.60. The quantitative estimate of drug-likeness (QED) is 0.704. The number of fused-ring (bicyclic) bond motifs is 3. The lowest BCUT2D eigenvalue weighted by Gasteiger charge is -2.29. The summed E-state index contributed by atoms with van der Waals surface area (Å²) >= 11 is 0. The largest absolute Gasteiger partial charge is 0.391 e. The molecule has 6 nitrogen and oxygen atoms in total. The van der Waals surface area contributed by atoms with Gasteiger partial charge in [-0.3, -0.25) is 4.57 Å². The Morgan fingerprint density at radius 1 is 1.07 bits per heavy atom. The Labute approximate surface area is 171 Å². The third-order valence-electron chi connectivity index (χ3n) is 6.46. The van der Waals surface area contributed by atoms with Crippen LogP contribution in [0.5, 0.6) is 0 Å². The predicted octanol–water partition coefficient (Wildman–Crippen LogP) is 3.82. The molecule has 3 heterocycles. The van der Waals surface area contributed by atoms with Crippen LogP contribution in [0.25, 0.3) is 5.69 Å². The molecule has 0 atom stereocenters. The minimum atomic E-state index is -4.14. The topological polar surface area (TPSA) is 73.0 Å².